The molecule has 3 aliphatic carbocycles. The van der Waals surface area contributed by atoms with Crippen molar-refractivity contribution in [1.82, 2.24) is 0 Å². The molecule has 0 heterocycles. The Labute approximate surface area is 195 Å². The average Bonchev–Trinajstić information content (AvgIpc) is 2.61. The average molecular weight is 461 g/mol. The lowest BCUT2D eigenvalue weighted by molar-refractivity contribution is -0.181. The minimum Gasteiger partial charge on any atom is -0.462 e. The molecule has 3 rings (SSSR count). The second kappa shape index (κ2) is 8.73. The molecule has 0 N–H and O–H groups in total. The molecule has 0 unspecified atom stereocenters. The van der Waals surface area contributed by atoms with Crippen LogP contribution in [0.15, 0.2) is 23.3 Å². The van der Waals surface area contributed by atoms with Gasteiger partial charge >= 0.3 is 17.9 Å². The summed E-state index contributed by atoms with van der Waals surface area (Å²) in [6.45, 7) is 16.2. The monoisotopic (exact) mass is 460 g/mol. The van der Waals surface area contributed by atoms with E-state index in [1.54, 1.807) is 0 Å². The summed E-state index contributed by atoms with van der Waals surface area (Å²) in [5, 5.41) is 0. The van der Waals surface area contributed by atoms with Crippen LogP contribution in [-0.4, -0.2) is 42.0 Å². The first-order valence-electron chi connectivity index (χ1n) is 11.6. The molecule has 0 aliphatic heterocycles. The fourth-order valence-electron chi connectivity index (χ4n) is 6.85. The molecule has 33 heavy (non-hydrogen) atoms. The van der Waals surface area contributed by atoms with Gasteiger partial charge in [0.15, 0.2) is 5.78 Å². The number of ether oxygens (including phenoxy) is 3. The standard InChI is InChI=1S/C26H36O7/c1-13-11-20(32-16(4)28)23-24(33-17(5)29)22-14(2)19(31-15(3)27)9-10-26(22,8)12-18(30)21(13)25(23,6)7/h19-20,22-24H,2,9-12H2,1,3-8H3/t19-,20-,22-,23-,24-,26-/m0/s1. The van der Waals surface area contributed by atoms with Gasteiger partial charge in [-0.3, -0.25) is 19.2 Å². The minimum absolute atomic E-state index is 0.0660. The van der Waals surface area contributed by atoms with Crippen molar-refractivity contribution in [2.45, 2.75) is 92.5 Å². The Kier molecular flexibility index (Phi) is 6.66. The number of ketones is 1. The lowest BCUT2D eigenvalue weighted by atomic mass is 9.50. The molecule has 6 atom stereocenters. The van der Waals surface area contributed by atoms with Gasteiger partial charge in [0.2, 0.25) is 0 Å². The summed E-state index contributed by atoms with van der Waals surface area (Å²) in [6, 6.07) is 0. The number of hydrogen-bond donors (Lipinski definition) is 0. The molecule has 0 aromatic heterocycles. The predicted molar refractivity (Wildman–Crippen MR) is 121 cm³/mol. The van der Waals surface area contributed by atoms with E-state index in [0.717, 1.165) is 11.1 Å². The van der Waals surface area contributed by atoms with Gasteiger partial charge in [-0.1, -0.05) is 32.9 Å². The molecule has 2 fully saturated rings. The number of carbonyl (C=O) groups excluding carboxylic acids is 4. The van der Waals surface area contributed by atoms with E-state index in [9.17, 15) is 19.2 Å². The summed E-state index contributed by atoms with van der Waals surface area (Å²) in [7, 11) is 0. The van der Waals surface area contributed by atoms with E-state index in [-0.39, 0.29) is 12.2 Å². The largest absolute Gasteiger partial charge is 0.462 e. The third-order valence-electron chi connectivity index (χ3n) is 7.81. The third-order valence-corrected chi connectivity index (χ3v) is 7.81. The zero-order chi connectivity index (χ0) is 24.9. The second-order valence-corrected chi connectivity index (χ2v) is 10.8. The van der Waals surface area contributed by atoms with Gasteiger partial charge in [0, 0.05) is 56.4 Å². The van der Waals surface area contributed by atoms with Gasteiger partial charge in [0.05, 0.1) is 0 Å². The molecular weight excluding hydrogens is 424 g/mol. The number of esters is 3. The van der Waals surface area contributed by atoms with E-state index in [4.69, 9.17) is 14.2 Å². The van der Waals surface area contributed by atoms with Crippen LogP contribution in [0.5, 0.6) is 0 Å². The molecule has 0 amide bonds. The lowest BCUT2D eigenvalue weighted by Crippen LogP contribution is -2.59. The Bertz CT molecular complexity index is 927. The molecule has 0 aromatic rings. The summed E-state index contributed by atoms with van der Waals surface area (Å²) < 4.78 is 17.4. The van der Waals surface area contributed by atoms with Crippen LogP contribution in [0.1, 0.15) is 74.1 Å². The zero-order valence-electron chi connectivity index (χ0n) is 20.8. The van der Waals surface area contributed by atoms with Gasteiger partial charge in [0.25, 0.3) is 0 Å². The SMILES string of the molecule is C=C1[C@@H](OC(C)=O)CC[C@@]2(C)CC(=O)C3=C(C)C[C@H](OC(C)=O)[C@@H]([C@@H](OC(C)=O)[C@H]12)C3(C)C. The first kappa shape index (κ1) is 25.2. The van der Waals surface area contributed by atoms with Crippen molar-refractivity contribution in [3.63, 3.8) is 0 Å². The Hall–Kier alpha value is -2.44. The van der Waals surface area contributed by atoms with Crippen LogP contribution in [0, 0.1) is 22.7 Å². The van der Waals surface area contributed by atoms with E-state index in [1.807, 2.05) is 27.7 Å². The van der Waals surface area contributed by atoms with Gasteiger partial charge in [-0.05, 0) is 30.8 Å². The Morgan fingerprint density at radius 1 is 0.970 bits per heavy atom. The van der Waals surface area contributed by atoms with Crippen molar-refractivity contribution in [1.29, 1.82) is 0 Å². The van der Waals surface area contributed by atoms with Gasteiger partial charge in [-0.25, -0.2) is 0 Å². The normalized spacial score (nSPS) is 35.7. The summed E-state index contributed by atoms with van der Waals surface area (Å²) in [6.07, 6.45) is 0.0409. The Balaban J connectivity index is 2.24. The molecule has 2 bridgehead atoms. The molecule has 0 aromatic carbocycles. The van der Waals surface area contributed by atoms with Crippen LogP contribution in [0.3, 0.4) is 0 Å². The maximum absolute atomic E-state index is 13.7. The van der Waals surface area contributed by atoms with Crippen molar-refractivity contribution in [2.24, 2.45) is 22.7 Å². The zero-order valence-corrected chi connectivity index (χ0v) is 20.8. The summed E-state index contributed by atoms with van der Waals surface area (Å²) in [5.74, 6) is -2.13. The van der Waals surface area contributed by atoms with E-state index < -0.39 is 58.9 Å². The summed E-state index contributed by atoms with van der Waals surface area (Å²) in [4.78, 5) is 49.8. The summed E-state index contributed by atoms with van der Waals surface area (Å²) >= 11 is 0. The molecule has 0 saturated heterocycles. The van der Waals surface area contributed by atoms with Crippen LogP contribution in [0.25, 0.3) is 0 Å². The van der Waals surface area contributed by atoms with Crippen LogP contribution in [0.2, 0.25) is 0 Å². The van der Waals surface area contributed by atoms with Gasteiger partial charge in [-0.2, -0.15) is 0 Å². The maximum atomic E-state index is 13.7. The van der Waals surface area contributed by atoms with E-state index in [2.05, 4.69) is 6.58 Å². The number of rotatable bonds is 3. The highest BCUT2D eigenvalue weighted by atomic mass is 16.6. The summed E-state index contributed by atoms with van der Waals surface area (Å²) in [5.41, 5.74) is 1.02. The smallest absolute Gasteiger partial charge is 0.303 e. The maximum Gasteiger partial charge on any atom is 0.303 e. The number of carbonyl (C=O) groups is 4. The number of allylic oxidation sites excluding steroid dienone is 1. The number of fused-ring (bicyclic) bond motifs is 3. The van der Waals surface area contributed by atoms with Crippen molar-refractivity contribution < 1.29 is 33.4 Å². The van der Waals surface area contributed by atoms with Gasteiger partial charge < -0.3 is 14.2 Å². The predicted octanol–water partition coefficient (Wildman–Crippen LogP) is 4.09. The molecule has 7 nitrogen and oxygen atoms in total. The lowest BCUT2D eigenvalue weighted by Gasteiger charge is -2.57. The van der Waals surface area contributed by atoms with E-state index in [0.29, 0.717) is 24.8 Å². The minimum atomic E-state index is -0.713. The van der Waals surface area contributed by atoms with Gasteiger partial charge in [0.1, 0.15) is 18.3 Å². The highest BCUT2D eigenvalue weighted by Gasteiger charge is 2.60. The Morgan fingerprint density at radius 2 is 1.55 bits per heavy atom. The molecule has 0 radical (unpaired) electrons. The topological polar surface area (TPSA) is 96.0 Å². The molecule has 0 spiro atoms. The second-order valence-electron chi connectivity index (χ2n) is 10.8. The fourth-order valence-corrected chi connectivity index (χ4v) is 6.85. The highest BCUT2D eigenvalue weighted by Crippen LogP contribution is 2.59. The van der Waals surface area contributed by atoms with Gasteiger partial charge in [-0.15, -0.1) is 0 Å². The molecule has 3 aliphatic rings. The van der Waals surface area contributed by atoms with Crippen LogP contribution >= 0.6 is 0 Å². The van der Waals surface area contributed by atoms with E-state index in [1.165, 1.54) is 20.8 Å². The van der Waals surface area contributed by atoms with Crippen molar-refractivity contribution in [2.75, 3.05) is 0 Å². The number of Topliss-reactive ketones (excluding diaryl/α,β-unsaturated/α-hetero) is 1. The molecule has 2 saturated carbocycles. The molecule has 182 valence electrons. The third kappa shape index (κ3) is 4.51. The van der Waals surface area contributed by atoms with Crippen LogP contribution in [0.4, 0.5) is 0 Å². The van der Waals surface area contributed by atoms with E-state index >= 15 is 0 Å². The first-order chi connectivity index (χ1) is 15.2. The Morgan fingerprint density at radius 3 is 2.09 bits per heavy atom. The quantitative estimate of drug-likeness (QED) is 0.356. The highest BCUT2D eigenvalue weighted by molar-refractivity contribution is 5.98. The first-order valence-corrected chi connectivity index (χ1v) is 11.6. The van der Waals surface area contributed by atoms with Crippen molar-refractivity contribution in [3.05, 3.63) is 23.3 Å². The van der Waals surface area contributed by atoms with Crippen LogP contribution in [-0.2, 0) is 33.4 Å². The number of hydrogen-bond acceptors (Lipinski definition) is 7. The van der Waals surface area contributed by atoms with Crippen molar-refractivity contribution in [3.8, 4) is 0 Å². The van der Waals surface area contributed by atoms with Crippen LogP contribution < -0.4 is 0 Å². The fraction of sp³-hybridized carbons (Fsp3) is 0.692. The molecule has 7 heteroatoms. The van der Waals surface area contributed by atoms with Crippen molar-refractivity contribution >= 4 is 23.7 Å². The molecular formula is C26H36O7.